The van der Waals surface area contributed by atoms with Gasteiger partial charge >= 0.3 is 0 Å². The molecule has 0 aliphatic carbocycles. The maximum Gasteiger partial charge on any atom is 0.253 e. The number of halogens is 1. The Bertz CT molecular complexity index is 439. The van der Waals surface area contributed by atoms with Crippen LogP contribution in [0.2, 0.25) is 0 Å². The van der Waals surface area contributed by atoms with Gasteiger partial charge in [0.2, 0.25) is 0 Å². The number of carbonyl (C=O) groups excluding carboxylic acids is 1. The average molecular weight is 251 g/mol. The number of likely N-dealkylation sites (tertiary alicyclic amines) is 1. The van der Waals surface area contributed by atoms with Crippen LogP contribution >= 0.6 is 0 Å². The second-order valence-electron chi connectivity index (χ2n) is 4.88. The highest BCUT2D eigenvalue weighted by Crippen LogP contribution is 2.19. The molecule has 2 rings (SSSR count). The number of carbonyl (C=O) groups is 1. The predicted octanol–water partition coefficient (Wildman–Crippen LogP) is 1.98. The standard InChI is InChI=1S/C14H18FNO2/c1-10-2-3-12(8-13(10)15)14(18)16-6-4-11(9-17)5-7-16/h2-3,8,11,17H,4-7,9H2,1H3. The normalized spacial score (nSPS) is 16.9. The molecule has 98 valence electrons. The molecule has 0 bridgehead atoms. The first-order valence-electron chi connectivity index (χ1n) is 6.28. The minimum absolute atomic E-state index is 0.120. The molecule has 1 aromatic carbocycles. The molecule has 0 spiro atoms. The third kappa shape index (κ3) is 2.70. The highest BCUT2D eigenvalue weighted by Gasteiger charge is 2.23. The smallest absolute Gasteiger partial charge is 0.253 e. The van der Waals surface area contributed by atoms with Crippen molar-refractivity contribution in [1.29, 1.82) is 0 Å². The molecule has 4 heteroatoms. The summed E-state index contributed by atoms with van der Waals surface area (Å²) in [5.74, 6) is -0.166. The van der Waals surface area contributed by atoms with Gasteiger partial charge in [-0.25, -0.2) is 4.39 Å². The Morgan fingerprint density at radius 3 is 2.67 bits per heavy atom. The number of hydrogen-bond acceptors (Lipinski definition) is 2. The maximum absolute atomic E-state index is 13.4. The molecular weight excluding hydrogens is 233 g/mol. The van der Waals surface area contributed by atoms with E-state index in [4.69, 9.17) is 5.11 Å². The Kier molecular flexibility index (Phi) is 3.97. The summed E-state index contributed by atoms with van der Waals surface area (Å²) in [6, 6.07) is 4.59. The monoisotopic (exact) mass is 251 g/mol. The summed E-state index contributed by atoms with van der Waals surface area (Å²) in [5, 5.41) is 9.05. The van der Waals surface area contributed by atoms with Crippen LogP contribution in [-0.4, -0.2) is 35.6 Å². The number of aliphatic hydroxyl groups is 1. The zero-order valence-corrected chi connectivity index (χ0v) is 10.5. The van der Waals surface area contributed by atoms with Crippen molar-refractivity contribution >= 4 is 5.91 Å². The fourth-order valence-electron chi connectivity index (χ4n) is 2.23. The third-order valence-corrected chi connectivity index (χ3v) is 3.58. The molecule has 1 aromatic rings. The Balaban J connectivity index is 2.05. The van der Waals surface area contributed by atoms with Crippen LogP contribution < -0.4 is 0 Å². The number of rotatable bonds is 2. The van der Waals surface area contributed by atoms with E-state index in [1.54, 1.807) is 24.0 Å². The van der Waals surface area contributed by atoms with Crippen LogP contribution in [0.15, 0.2) is 18.2 Å². The lowest BCUT2D eigenvalue weighted by Gasteiger charge is -2.31. The second-order valence-corrected chi connectivity index (χ2v) is 4.88. The van der Waals surface area contributed by atoms with Crippen LogP contribution in [0.4, 0.5) is 4.39 Å². The summed E-state index contributed by atoms with van der Waals surface area (Å²) >= 11 is 0. The van der Waals surface area contributed by atoms with Gasteiger partial charge in [-0.2, -0.15) is 0 Å². The summed E-state index contributed by atoms with van der Waals surface area (Å²) in [7, 11) is 0. The van der Waals surface area contributed by atoms with E-state index in [0.29, 0.717) is 30.1 Å². The zero-order valence-electron chi connectivity index (χ0n) is 10.5. The number of aliphatic hydroxyl groups excluding tert-OH is 1. The number of hydrogen-bond donors (Lipinski definition) is 1. The molecule has 0 saturated carbocycles. The summed E-state index contributed by atoms with van der Waals surface area (Å²) in [5.41, 5.74) is 0.950. The molecule has 18 heavy (non-hydrogen) atoms. The topological polar surface area (TPSA) is 40.5 Å². The van der Waals surface area contributed by atoms with Crippen LogP contribution in [0, 0.1) is 18.7 Å². The average Bonchev–Trinajstić information content (AvgIpc) is 2.41. The molecule has 3 nitrogen and oxygen atoms in total. The Labute approximate surface area is 106 Å². The van der Waals surface area contributed by atoms with E-state index in [1.807, 2.05) is 0 Å². The van der Waals surface area contributed by atoms with E-state index >= 15 is 0 Å². The summed E-state index contributed by atoms with van der Waals surface area (Å²) in [6.07, 6.45) is 1.63. The molecule has 1 fully saturated rings. The van der Waals surface area contributed by atoms with Gasteiger partial charge in [-0.05, 0) is 43.4 Å². The van der Waals surface area contributed by atoms with Gasteiger partial charge in [-0.1, -0.05) is 6.07 Å². The number of benzene rings is 1. The lowest BCUT2D eigenvalue weighted by molar-refractivity contribution is 0.0650. The summed E-state index contributed by atoms with van der Waals surface area (Å²) in [6.45, 7) is 3.14. The molecule has 1 amide bonds. The molecule has 0 aromatic heterocycles. The van der Waals surface area contributed by atoms with Crippen LogP contribution in [0.25, 0.3) is 0 Å². The van der Waals surface area contributed by atoms with Crippen molar-refractivity contribution < 1.29 is 14.3 Å². The van der Waals surface area contributed by atoms with Gasteiger partial charge in [0.05, 0.1) is 0 Å². The Hall–Kier alpha value is -1.42. The lowest BCUT2D eigenvalue weighted by atomic mass is 9.97. The highest BCUT2D eigenvalue weighted by molar-refractivity contribution is 5.94. The molecule has 0 radical (unpaired) electrons. The van der Waals surface area contributed by atoms with Crippen LogP contribution in [0.3, 0.4) is 0 Å². The fraction of sp³-hybridized carbons (Fsp3) is 0.500. The maximum atomic E-state index is 13.4. The zero-order chi connectivity index (χ0) is 13.1. The molecular formula is C14H18FNO2. The Morgan fingerprint density at radius 2 is 2.11 bits per heavy atom. The van der Waals surface area contributed by atoms with Gasteiger partial charge in [0.1, 0.15) is 5.82 Å². The summed E-state index contributed by atoms with van der Waals surface area (Å²) in [4.78, 5) is 13.9. The van der Waals surface area contributed by atoms with Crippen molar-refractivity contribution in [3.8, 4) is 0 Å². The number of nitrogens with zero attached hydrogens (tertiary/aromatic N) is 1. The molecule has 1 aliphatic heterocycles. The first kappa shape index (κ1) is 13.0. The Morgan fingerprint density at radius 1 is 1.44 bits per heavy atom. The van der Waals surface area contributed by atoms with E-state index < -0.39 is 0 Å². The summed E-state index contributed by atoms with van der Waals surface area (Å²) < 4.78 is 13.4. The van der Waals surface area contributed by atoms with Gasteiger partial charge < -0.3 is 10.0 Å². The molecule has 1 N–H and O–H groups in total. The minimum Gasteiger partial charge on any atom is -0.396 e. The van der Waals surface area contributed by atoms with Crippen molar-refractivity contribution in [3.05, 3.63) is 35.1 Å². The van der Waals surface area contributed by atoms with Gasteiger partial charge in [0, 0.05) is 25.3 Å². The minimum atomic E-state index is -0.342. The quantitative estimate of drug-likeness (QED) is 0.873. The number of piperidine rings is 1. The SMILES string of the molecule is Cc1ccc(C(=O)N2CCC(CO)CC2)cc1F. The van der Waals surface area contributed by atoms with E-state index in [2.05, 4.69) is 0 Å². The van der Waals surface area contributed by atoms with E-state index in [-0.39, 0.29) is 18.3 Å². The molecule has 1 aliphatic rings. The first-order chi connectivity index (χ1) is 8.61. The van der Waals surface area contributed by atoms with E-state index in [0.717, 1.165) is 12.8 Å². The van der Waals surface area contributed by atoms with Crippen LogP contribution in [-0.2, 0) is 0 Å². The predicted molar refractivity (Wildman–Crippen MR) is 66.9 cm³/mol. The highest BCUT2D eigenvalue weighted by atomic mass is 19.1. The van der Waals surface area contributed by atoms with Crippen molar-refractivity contribution in [2.24, 2.45) is 5.92 Å². The first-order valence-corrected chi connectivity index (χ1v) is 6.28. The van der Waals surface area contributed by atoms with Crippen LogP contribution in [0.1, 0.15) is 28.8 Å². The third-order valence-electron chi connectivity index (χ3n) is 3.58. The lowest BCUT2D eigenvalue weighted by Crippen LogP contribution is -2.39. The number of aryl methyl sites for hydroxylation is 1. The van der Waals surface area contributed by atoms with Crippen molar-refractivity contribution in [3.63, 3.8) is 0 Å². The molecule has 1 heterocycles. The van der Waals surface area contributed by atoms with Gasteiger partial charge in [0.15, 0.2) is 0 Å². The molecule has 1 saturated heterocycles. The number of amides is 1. The molecule has 0 atom stereocenters. The fourth-order valence-corrected chi connectivity index (χ4v) is 2.23. The van der Waals surface area contributed by atoms with Crippen molar-refractivity contribution in [1.82, 2.24) is 4.90 Å². The largest absolute Gasteiger partial charge is 0.396 e. The van der Waals surface area contributed by atoms with Crippen molar-refractivity contribution in [2.75, 3.05) is 19.7 Å². The van der Waals surface area contributed by atoms with Gasteiger partial charge in [0.25, 0.3) is 5.91 Å². The van der Waals surface area contributed by atoms with Crippen LogP contribution in [0.5, 0.6) is 0 Å². The van der Waals surface area contributed by atoms with Gasteiger partial charge in [-0.3, -0.25) is 4.79 Å². The second kappa shape index (κ2) is 5.48. The van der Waals surface area contributed by atoms with E-state index in [9.17, 15) is 9.18 Å². The molecule has 0 unspecified atom stereocenters. The van der Waals surface area contributed by atoms with Gasteiger partial charge in [-0.15, -0.1) is 0 Å². The van der Waals surface area contributed by atoms with Crippen molar-refractivity contribution in [2.45, 2.75) is 19.8 Å². The van der Waals surface area contributed by atoms with E-state index in [1.165, 1.54) is 6.07 Å².